The van der Waals surface area contributed by atoms with Crippen LogP contribution in [0.1, 0.15) is 26.0 Å². The van der Waals surface area contributed by atoms with Crippen molar-refractivity contribution in [3.05, 3.63) is 50.3 Å². The maximum atomic E-state index is 11.1. The van der Waals surface area contributed by atoms with Gasteiger partial charge in [0.1, 0.15) is 5.69 Å². The first kappa shape index (κ1) is 15.4. The van der Waals surface area contributed by atoms with Crippen molar-refractivity contribution < 1.29 is 4.92 Å². The number of thiazole rings is 1. The summed E-state index contributed by atoms with van der Waals surface area (Å²) < 4.78 is 2.13. The van der Waals surface area contributed by atoms with Gasteiger partial charge in [-0.1, -0.05) is 26.0 Å². The van der Waals surface area contributed by atoms with Crippen molar-refractivity contribution in [1.82, 2.24) is 4.57 Å². The number of nitro benzene ring substituents is 1. The molecule has 6 heteroatoms. The monoisotopic (exact) mass is 305 g/mol. The van der Waals surface area contributed by atoms with Crippen LogP contribution < -0.4 is 4.80 Å². The van der Waals surface area contributed by atoms with Gasteiger partial charge in [-0.05, 0) is 25.3 Å². The van der Waals surface area contributed by atoms with E-state index in [9.17, 15) is 10.1 Å². The van der Waals surface area contributed by atoms with Crippen LogP contribution in [0.15, 0.2) is 34.6 Å². The molecule has 0 unspecified atom stereocenters. The van der Waals surface area contributed by atoms with Crippen LogP contribution in [0.25, 0.3) is 0 Å². The van der Waals surface area contributed by atoms with Crippen molar-refractivity contribution in [1.29, 1.82) is 0 Å². The Morgan fingerprint density at radius 3 is 2.76 bits per heavy atom. The zero-order valence-corrected chi connectivity index (χ0v) is 13.3. The second-order valence-corrected chi connectivity index (χ2v) is 6.19. The Kier molecular flexibility index (Phi) is 4.90. The zero-order chi connectivity index (χ0) is 15.4. The fourth-order valence-corrected chi connectivity index (χ4v) is 2.90. The third-order valence-corrected chi connectivity index (χ3v) is 4.20. The Hall–Kier alpha value is -1.95. The second-order valence-electron chi connectivity index (χ2n) is 5.35. The van der Waals surface area contributed by atoms with Crippen LogP contribution in [-0.2, 0) is 6.54 Å². The van der Waals surface area contributed by atoms with Crippen LogP contribution in [0.4, 0.5) is 11.4 Å². The third kappa shape index (κ3) is 3.78. The van der Waals surface area contributed by atoms with E-state index in [4.69, 9.17) is 0 Å². The standard InChI is InChI=1S/C15H19N3O2S/c1-11(2)8-9-17-12(3)10-21-15(17)16-13-6-4-5-7-14(13)18(19)20/h4-7,10-11H,8-9H2,1-3H3. The van der Waals surface area contributed by atoms with Crippen LogP contribution in [0.2, 0.25) is 0 Å². The Bertz CT molecular complexity index is 701. The lowest BCUT2D eigenvalue weighted by atomic mass is 10.1. The average molecular weight is 305 g/mol. The summed E-state index contributed by atoms with van der Waals surface area (Å²) in [6.45, 7) is 7.28. The Morgan fingerprint density at radius 2 is 2.10 bits per heavy atom. The molecule has 1 aromatic carbocycles. The normalized spacial score (nSPS) is 12.1. The van der Waals surface area contributed by atoms with E-state index in [0.29, 0.717) is 11.6 Å². The van der Waals surface area contributed by atoms with Crippen LogP contribution in [-0.4, -0.2) is 9.49 Å². The van der Waals surface area contributed by atoms with Crippen molar-refractivity contribution >= 4 is 22.7 Å². The van der Waals surface area contributed by atoms with Crippen LogP contribution in [0, 0.1) is 23.0 Å². The first-order chi connectivity index (χ1) is 9.99. The summed E-state index contributed by atoms with van der Waals surface area (Å²) in [6, 6.07) is 6.59. The topological polar surface area (TPSA) is 60.4 Å². The number of para-hydroxylation sites is 2. The molecular formula is C15H19N3O2S. The minimum Gasteiger partial charge on any atom is -0.321 e. The predicted octanol–water partition coefficient (Wildman–Crippen LogP) is 4.04. The molecule has 1 heterocycles. The molecule has 0 spiro atoms. The van der Waals surface area contributed by atoms with E-state index in [-0.39, 0.29) is 5.69 Å². The highest BCUT2D eigenvalue weighted by Crippen LogP contribution is 2.25. The molecule has 2 aromatic rings. The number of benzene rings is 1. The number of hydrogen-bond acceptors (Lipinski definition) is 4. The van der Waals surface area contributed by atoms with Gasteiger partial charge in [0.05, 0.1) is 4.92 Å². The highest BCUT2D eigenvalue weighted by atomic mass is 32.1. The molecule has 2 rings (SSSR count). The van der Waals surface area contributed by atoms with Crippen molar-refractivity contribution in [2.45, 2.75) is 33.7 Å². The summed E-state index contributed by atoms with van der Waals surface area (Å²) in [5.41, 5.74) is 1.58. The lowest BCUT2D eigenvalue weighted by Crippen LogP contribution is -2.17. The van der Waals surface area contributed by atoms with E-state index in [1.807, 2.05) is 12.3 Å². The molecule has 0 N–H and O–H groups in total. The van der Waals surface area contributed by atoms with Gasteiger partial charge in [0.25, 0.3) is 5.69 Å². The van der Waals surface area contributed by atoms with Gasteiger partial charge in [-0.15, -0.1) is 11.3 Å². The van der Waals surface area contributed by atoms with E-state index in [2.05, 4.69) is 23.4 Å². The number of hydrogen-bond donors (Lipinski definition) is 0. The van der Waals surface area contributed by atoms with Gasteiger partial charge in [-0.25, -0.2) is 4.99 Å². The van der Waals surface area contributed by atoms with E-state index in [1.54, 1.807) is 18.2 Å². The SMILES string of the molecule is Cc1csc(=Nc2ccccc2[N+](=O)[O-])n1CCC(C)C. The highest BCUT2D eigenvalue weighted by molar-refractivity contribution is 7.07. The number of aromatic nitrogens is 1. The molecule has 112 valence electrons. The van der Waals surface area contributed by atoms with E-state index in [1.165, 1.54) is 17.4 Å². The highest BCUT2D eigenvalue weighted by Gasteiger charge is 2.12. The molecule has 21 heavy (non-hydrogen) atoms. The predicted molar refractivity (Wildman–Crippen MR) is 84.8 cm³/mol. The maximum Gasteiger partial charge on any atom is 0.294 e. The summed E-state index contributed by atoms with van der Waals surface area (Å²) >= 11 is 1.52. The molecule has 0 saturated heterocycles. The van der Waals surface area contributed by atoms with Crippen molar-refractivity contribution in [3.8, 4) is 0 Å². The molecule has 0 saturated carbocycles. The van der Waals surface area contributed by atoms with Gasteiger partial charge < -0.3 is 4.57 Å². The van der Waals surface area contributed by atoms with Crippen LogP contribution >= 0.6 is 11.3 Å². The third-order valence-electron chi connectivity index (χ3n) is 3.22. The second kappa shape index (κ2) is 6.67. The molecule has 0 bridgehead atoms. The summed E-state index contributed by atoms with van der Waals surface area (Å²) in [7, 11) is 0. The number of rotatable bonds is 5. The van der Waals surface area contributed by atoms with E-state index in [0.717, 1.165) is 23.5 Å². The van der Waals surface area contributed by atoms with Gasteiger partial charge in [-0.2, -0.15) is 0 Å². The van der Waals surface area contributed by atoms with E-state index < -0.39 is 4.92 Å². The Morgan fingerprint density at radius 1 is 1.38 bits per heavy atom. The molecule has 0 aliphatic carbocycles. The van der Waals surface area contributed by atoms with Gasteiger partial charge in [0, 0.05) is 23.7 Å². The van der Waals surface area contributed by atoms with Crippen molar-refractivity contribution in [2.75, 3.05) is 0 Å². The van der Waals surface area contributed by atoms with Gasteiger partial charge in [-0.3, -0.25) is 10.1 Å². The molecule has 0 aliphatic heterocycles. The smallest absolute Gasteiger partial charge is 0.294 e. The quantitative estimate of drug-likeness (QED) is 0.618. The minimum absolute atomic E-state index is 0.0407. The molecule has 0 radical (unpaired) electrons. The fraction of sp³-hybridized carbons (Fsp3) is 0.400. The fourth-order valence-electron chi connectivity index (χ4n) is 1.98. The maximum absolute atomic E-state index is 11.1. The first-order valence-electron chi connectivity index (χ1n) is 6.92. The number of nitro groups is 1. The van der Waals surface area contributed by atoms with Crippen LogP contribution in [0.5, 0.6) is 0 Å². The lowest BCUT2D eigenvalue weighted by molar-refractivity contribution is -0.384. The Labute approximate surface area is 127 Å². The summed E-state index contributed by atoms with van der Waals surface area (Å²) in [5.74, 6) is 0.607. The minimum atomic E-state index is -0.391. The molecule has 0 fully saturated rings. The molecule has 1 aromatic heterocycles. The number of nitrogens with zero attached hydrogens (tertiary/aromatic N) is 3. The average Bonchev–Trinajstić information content (AvgIpc) is 2.77. The largest absolute Gasteiger partial charge is 0.321 e. The van der Waals surface area contributed by atoms with Crippen molar-refractivity contribution in [3.63, 3.8) is 0 Å². The summed E-state index contributed by atoms with van der Waals surface area (Å²) in [5, 5.41) is 13.1. The summed E-state index contributed by atoms with van der Waals surface area (Å²) in [6.07, 6.45) is 1.06. The van der Waals surface area contributed by atoms with Gasteiger partial charge in [0.15, 0.2) is 4.80 Å². The van der Waals surface area contributed by atoms with Crippen LogP contribution in [0.3, 0.4) is 0 Å². The van der Waals surface area contributed by atoms with Gasteiger partial charge in [0.2, 0.25) is 0 Å². The lowest BCUT2D eigenvalue weighted by Gasteiger charge is -2.08. The first-order valence-corrected chi connectivity index (χ1v) is 7.80. The number of aryl methyl sites for hydroxylation is 1. The zero-order valence-electron chi connectivity index (χ0n) is 12.4. The molecule has 0 aliphatic rings. The van der Waals surface area contributed by atoms with Crippen molar-refractivity contribution in [2.24, 2.45) is 10.9 Å². The molecule has 0 amide bonds. The van der Waals surface area contributed by atoms with Gasteiger partial charge >= 0.3 is 0 Å². The molecule has 0 atom stereocenters. The summed E-state index contributed by atoms with van der Waals surface area (Å²) in [4.78, 5) is 16.0. The van der Waals surface area contributed by atoms with E-state index >= 15 is 0 Å². The Balaban J connectivity index is 2.45. The molecule has 5 nitrogen and oxygen atoms in total. The molecular weight excluding hydrogens is 286 g/mol.